The van der Waals surface area contributed by atoms with Gasteiger partial charge in [-0.15, -0.1) is 0 Å². The second-order valence-corrected chi connectivity index (χ2v) is 7.72. The number of unbranched alkanes of at least 4 members (excludes halogenated alkanes) is 2. The summed E-state index contributed by atoms with van der Waals surface area (Å²) in [6.45, 7) is 10.3. The van der Waals surface area contributed by atoms with Gasteiger partial charge >= 0.3 is 0 Å². The quantitative estimate of drug-likeness (QED) is 0.389. The normalized spacial score (nSPS) is 11.5. The lowest BCUT2D eigenvalue weighted by Crippen LogP contribution is -1.93. The first-order valence-electron chi connectivity index (χ1n) is 11.3. The van der Waals surface area contributed by atoms with Crippen LogP contribution in [0.4, 0.5) is 0 Å². The number of hydrogen-bond donors (Lipinski definition) is 1. The first-order valence-corrected chi connectivity index (χ1v) is 11.3. The molecule has 3 heteroatoms. The molecule has 0 unspecified atom stereocenters. The van der Waals surface area contributed by atoms with E-state index < -0.39 is 0 Å². The molecule has 1 heterocycles. The maximum absolute atomic E-state index is 5.49. The molecule has 0 saturated heterocycles. The molecule has 2 N–H and O–H groups in total. The molecule has 0 atom stereocenters. The Morgan fingerprint density at radius 1 is 1.10 bits per heavy atom. The van der Waals surface area contributed by atoms with Crippen LogP contribution in [0.3, 0.4) is 0 Å². The zero-order valence-electron chi connectivity index (χ0n) is 19.6. The largest absolute Gasteiger partial charge is 0.405 e. The Kier molecular flexibility index (Phi) is 9.83. The number of nitrogens with zero attached hydrogens (tertiary/aromatic N) is 2. The number of nitrogens with two attached hydrogens (primary N) is 1. The minimum atomic E-state index is 0.980. The smallest absolute Gasteiger partial charge is 0.140 e. The van der Waals surface area contributed by atoms with Gasteiger partial charge in [0, 0.05) is 12.6 Å². The summed E-state index contributed by atoms with van der Waals surface area (Å²) >= 11 is 0. The fourth-order valence-corrected chi connectivity index (χ4v) is 3.51. The van der Waals surface area contributed by atoms with E-state index in [4.69, 9.17) is 10.7 Å². The van der Waals surface area contributed by atoms with Crippen LogP contribution in [0.5, 0.6) is 0 Å². The van der Waals surface area contributed by atoms with Crippen molar-refractivity contribution in [1.82, 2.24) is 9.55 Å². The van der Waals surface area contributed by atoms with Gasteiger partial charge in [0.25, 0.3) is 0 Å². The Labute approximate surface area is 188 Å². The van der Waals surface area contributed by atoms with Gasteiger partial charge in [0.15, 0.2) is 0 Å². The van der Waals surface area contributed by atoms with Gasteiger partial charge in [0.1, 0.15) is 5.82 Å². The van der Waals surface area contributed by atoms with Crippen LogP contribution in [0.15, 0.2) is 73.0 Å². The summed E-state index contributed by atoms with van der Waals surface area (Å²) in [5, 5.41) is 0. The van der Waals surface area contributed by atoms with Crippen LogP contribution >= 0.6 is 0 Å². The van der Waals surface area contributed by atoms with Crippen molar-refractivity contribution in [3.05, 3.63) is 84.1 Å². The third-order valence-electron chi connectivity index (χ3n) is 5.44. The van der Waals surface area contributed by atoms with E-state index in [-0.39, 0.29) is 0 Å². The lowest BCUT2D eigenvalue weighted by Gasteiger charge is -2.06. The van der Waals surface area contributed by atoms with Crippen molar-refractivity contribution in [2.75, 3.05) is 0 Å². The highest BCUT2D eigenvalue weighted by Gasteiger charge is 2.10. The van der Waals surface area contributed by atoms with Gasteiger partial charge in [-0.1, -0.05) is 87.7 Å². The van der Waals surface area contributed by atoms with Crippen LogP contribution in [-0.2, 0) is 13.5 Å². The zero-order valence-corrected chi connectivity index (χ0v) is 19.6. The highest BCUT2D eigenvalue weighted by atomic mass is 15.1. The molecule has 0 fully saturated rings. The van der Waals surface area contributed by atoms with E-state index in [9.17, 15) is 0 Å². The average Bonchev–Trinajstić information content (AvgIpc) is 3.13. The molecule has 31 heavy (non-hydrogen) atoms. The summed E-state index contributed by atoms with van der Waals surface area (Å²) in [5.41, 5.74) is 12.4. The molecule has 0 aliphatic carbocycles. The molecule has 2 aromatic carbocycles. The molecular weight excluding hydrogens is 378 g/mol. The highest BCUT2D eigenvalue weighted by Crippen LogP contribution is 2.25. The Bertz CT molecular complexity index is 1020. The fourth-order valence-electron chi connectivity index (χ4n) is 3.51. The Hall–Kier alpha value is -3.07. The molecule has 3 aromatic rings. The number of imidazole rings is 1. The number of aromatic nitrogens is 2. The van der Waals surface area contributed by atoms with E-state index in [1.165, 1.54) is 30.4 Å². The summed E-state index contributed by atoms with van der Waals surface area (Å²) < 4.78 is 2.14. The van der Waals surface area contributed by atoms with Crippen LogP contribution in [0.25, 0.3) is 28.5 Å². The topological polar surface area (TPSA) is 43.8 Å². The van der Waals surface area contributed by atoms with Crippen LogP contribution in [0, 0.1) is 0 Å². The molecule has 0 bridgehead atoms. The van der Waals surface area contributed by atoms with Gasteiger partial charge in [-0.3, -0.25) is 0 Å². The van der Waals surface area contributed by atoms with E-state index in [2.05, 4.69) is 80.6 Å². The second-order valence-electron chi connectivity index (χ2n) is 7.72. The maximum Gasteiger partial charge on any atom is 0.140 e. The van der Waals surface area contributed by atoms with Crippen molar-refractivity contribution in [2.24, 2.45) is 12.8 Å². The molecule has 0 saturated carbocycles. The van der Waals surface area contributed by atoms with Crippen molar-refractivity contribution in [3.8, 4) is 11.4 Å². The average molecular weight is 416 g/mol. The molecule has 1 aromatic heterocycles. The first-order chi connectivity index (χ1) is 15.1. The Balaban J connectivity index is 0.000000614. The predicted molar refractivity (Wildman–Crippen MR) is 137 cm³/mol. The van der Waals surface area contributed by atoms with Gasteiger partial charge in [-0.25, -0.2) is 4.98 Å². The Morgan fingerprint density at radius 2 is 1.81 bits per heavy atom. The third kappa shape index (κ3) is 6.71. The van der Waals surface area contributed by atoms with E-state index in [1.54, 1.807) is 6.20 Å². The van der Waals surface area contributed by atoms with Gasteiger partial charge < -0.3 is 10.3 Å². The van der Waals surface area contributed by atoms with E-state index >= 15 is 0 Å². The molecule has 3 rings (SSSR count). The summed E-state index contributed by atoms with van der Waals surface area (Å²) in [4.78, 5) is 4.82. The van der Waals surface area contributed by atoms with E-state index in [0.717, 1.165) is 40.8 Å². The fraction of sp³-hybridized carbons (Fsp3) is 0.321. The number of rotatable bonds is 8. The lowest BCUT2D eigenvalue weighted by molar-refractivity contribution is 0.772. The van der Waals surface area contributed by atoms with Gasteiger partial charge in [-0.2, -0.15) is 0 Å². The minimum absolute atomic E-state index is 0.980. The number of aryl methyl sites for hydroxylation is 2. The van der Waals surface area contributed by atoms with Crippen molar-refractivity contribution in [2.45, 2.75) is 52.9 Å². The van der Waals surface area contributed by atoms with Gasteiger partial charge in [-0.05, 0) is 55.3 Å². The molecule has 164 valence electrons. The highest BCUT2D eigenvalue weighted by molar-refractivity contribution is 5.82. The summed E-state index contributed by atoms with van der Waals surface area (Å²) in [6, 6.07) is 14.9. The molecular formula is C28H37N3. The van der Waals surface area contributed by atoms with Gasteiger partial charge in [0.2, 0.25) is 0 Å². The minimum Gasteiger partial charge on any atom is -0.405 e. The SMILES string of the molecule is C=Cc1ccc2c(c1)nc(-c1ccc(CCC(/C=C\N)=C/C)cc1)n2C.CCCCC. The molecule has 0 radical (unpaired) electrons. The summed E-state index contributed by atoms with van der Waals surface area (Å²) in [7, 11) is 2.06. The number of fused-ring (bicyclic) bond motifs is 1. The van der Waals surface area contributed by atoms with Crippen LogP contribution < -0.4 is 5.73 Å². The molecule has 3 nitrogen and oxygen atoms in total. The lowest BCUT2D eigenvalue weighted by atomic mass is 10.0. The third-order valence-corrected chi connectivity index (χ3v) is 5.44. The van der Waals surface area contributed by atoms with Crippen LogP contribution in [0.1, 0.15) is 57.6 Å². The van der Waals surface area contributed by atoms with Crippen LogP contribution in [-0.4, -0.2) is 9.55 Å². The van der Waals surface area contributed by atoms with E-state index in [1.807, 2.05) is 19.1 Å². The summed E-state index contributed by atoms with van der Waals surface area (Å²) in [5.74, 6) is 0.980. The van der Waals surface area contributed by atoms with Crippen molar-refractivity contribution < 1.29 is 0 Å². The van der Waals surface area contributed by atoms with Crippen molar-refractivity contribution in [3.63, 3.8) is 0 Å². The number of hydrogen-bond acceptors (Lipinski definition) is 2. The van der Waals surface area contributed by atoms with Crippen molar-refractivity contribution >= 4 is 17.1 Å². The Morgan fingerprint density at radius 3 is 2.35 bits per heavy atom. The molecule has 0 aliphatic rings. The number of benzene rings is 2. The summed E-state index contributed by atoms with van der Waals surface area (Å²) in [6.07, 6.45) is 13.6. The molecule has 0 amide bonds. The molecule has 0 aliphatic heterocycles. The standard InChI is InChI=1S/C23H25N3.C5H12/c1-4-17(14-15-24)6-7-19-8-11-20(12-9-19)23-25-21-16-18(5-2)10-13-22(21)26(23)3;1-3-5-4-2/h4-5,8-16H,2,6-7,24H2,1,3H3;3-5H2,1-2H3/b15-14-,17-4-;. The zero-order chi connectivity index (χ0) is 22.6. The van der Waals surface area contributed by atoms with E-state index in [0.29, 0.717) is 0 Å². The molecule has 0 spiro atoms. The van der Waals surface area contributed by atoms with Crippen LogP contribution in [0.2, 0.25) is 0 Å². The number of allylic oxidation sites excluding steroid dienone is 3. The predicted octanol–water partition coefficient (Wildman–Crippen LogP) is 7.43. The maximum atomic E-state index is 5.49. The second kappa shape index (κ2) is 12.6. The first kappa shape index (κ1) is 24.2. The van der Waals surface area contributed by atoms with Gasteiger partial charge in [0.05, 0.1) is 11.0 Å². The monoisotopic (exact) mass is 415 g/mol. The van der Waals surface area contributed by atoms with Crippen molar-refractivity contribution in [1.29, 1.82) is 0 Å².